The van der Waals surface area contributed by atoms with Gasteiger partial charge in [-0.2, -0.15) is 18.4 Å². The average molecular weight is 418 g/mol. The van der Waals surface area contributed by atoms with Crippen LogP contribution in [0.2, 0.25) is 0 Å². The Morgan fingerprint density at radius 2 is 1.83 bits per heavy atom. The average Bonchev–Trinajstić information content (AvgIpc) is 2.96. The molecule has 0 unspecified atom stereocenters. The van der Waals surface area contributed by atoms with Gasteiger partial charge in [-0.25, -0.2) is 9.97 Å². The van der Waals surface area contributed by atoms with E-state index in [2.05, 4.69) is 9.97 Å². The summed E-state index contributed by atoms with van der Waals surface area (Å²) in [6.07, 6.45) is -4.54. The molecule has 0 saturated carbocycles. The highest BCUT2D eigenvalue weighted by molar-refractivity contribution is 7.20. The molecule has 0 aliphatic rings. The number of fused-ring (bicyclic) bond motifs is 1. The number of hydrogen-bond donors (Lipinski definition) is 0. The van der Waals surface area contributed by atoms with Crippen molar-refractivity contribution in [3.8, 4) is 6.07 Å². The van der Waals surface area contributed by atoms with E-state index in [1.807, 2.05) is 6.07 Å². The lowest BCUT2D eigenvalue weighted by Crippen LogP contribution is -2.38. The Morgan fingerprint density at radius 1 is 1.17 bits per heavy atom. The summed E-state index contributed by atoms with van der Waals surface area (Å²) in [7, 11) is 0. The van der Waals surface area contributed by atoms with Crippen molar-refractivity contribution in [1.29, 1.82) is 5.26 Å². The number of benzene rings is 1. The molecule has 0 saturated heterocycles. The van der Waals surface area contributed by atoms with Crippen LogP contribution in [-0.2, 0) is 6.54 Å². The van der Waals surface area contributed by atoms with Crippen LogP contribution in [0.1, 0.15) is 37.9 Å². The van der Waals surface area contributed by atoms with Gasteiger partial charge in [0.15, 0.2) is 0 Å². The molecule has 0 atom stereocenters. The molecule has 0 radical (unpaired) electrons. The quantitative estimate of drug-likeness (QED) is 0.616. The molecule has 0 aliphatic heterocycles. The fraction of sp³-hybridized carbons (Fsp3) is 0.300. The lowest BCUT2D eigenvalue weighted by Gasteiger charge is -2.24. The molecule has 3 aromatic rings. The second kappa shape index (κ2) is 7.79. The lowest BCUT2D eigenvalue weighted by atomic mass is 10.1. The number of alkyl halides is 3. The number of carbonyl (C=O) groups excluding carboxylic acids is 1. The lowest BCUT2D eigenvalue weighted by molar-refractivity contribution is -0.141. The number of aromatic nitrogens is 2. The van der Waals surface area contributed by atoms with Crippen molar-refractivity contribution in [3.05, 3.63) is 57.4 Å². The highest BCUT2D eigenvalue weighted by Crippen LogP contribution is 2.33. The summed E-state index contributed by atoms with van der Waals surface area (Å²) in [5.41, 5.74) is 2.17. The van der Waals surface area contributed by atoms with Gasteiger partial charge in [-0.15, -0.1) is 11.3 Å². The predicted octanol–water partition coefficient (Wildman–Crippen LogP) is 4.69. The van der Waals surface area contributed by atoms with Crippen LogP contribution in [0.5, 0.6) is 0 Å². The number of rotatable bonds is 4. The van der Waals surface area contributed by atoms with Gasteiger partial charge in [0.25, 0.3) is 5.91 Å². The molecule has 2 heterocycles. The second-order valence-electron chi connectivity index (χ2n) is 6.68. The number of halogens is 3. The van der Waals surface area contributed by atoms with Crippen molar-refractivity contribution < 1.29 is 18.0 Å². The normalized spacial score (nSPS) is 11.5. The Morgan fingerprint density at radius 3 is 2.41 bits per heavy atom. The zero-order valence-electron chi connectivity index (χ0n) is 16.0. The number of thiophene rings is 1. The third-order valence-corrected chi connectivity index (χ3v) is 5.56. The maximum absolute atomic E-state index is 13.2. The number of hydrogen-bond acceptors (Lipinski definition) is 5. The molecule has 0 aliphatic carbocycles. The van der Waals surface area contributed by atoms with E-state index in [0.717, 1.165) is 16.2 Å². The largest absolute Gasteiger partial charge is 0.406 e. The van der Waals surface area contributed by atoms with Gasteiger partial charge in [-0.3, -0.25) is 4.79 Å². The highest BCUT2D eigenvalue weighted by atomic mass is 32.1. The Hall–Kier alpha value is -2.99. The molecular formula is C20H17F3N4OS. The monoisotopic (exact) mass is 418 g/mol. The second-order valence-corrected chi connectivity index (χ2v) is 7.68. The van der Waals surface area contributed by atoms with Crippen LogP contribution >= 0.6 is 11.3 Å². The fourth-order valence-corrected chi connectivity index (χ4v) is 4.39. The van der Waals surface area contributed by atoms with Gasteiger partial charge in [-0.05, 0) is 44.0 Å². The van der Waals surface area contributed by atoms with Gasteiger partial charge in [0.1, 0.15) is 17.2 Å². The molecule has 1 amide bonds. The Bertz CT molecular complexity index is 1110. The van der Waals surface area contributed by atoms with E-state index in [4.69, 9.17) is 5.26 Å². The fourth-order valence-electron chi connectivity index (χ4n) is 3.14. The summed E-state index contributed by atoms with van der Waals surface area (Å²) in [6.45, 7) is 3.62. The maximum Gasteiger partial charge on any atom is 0.406 e. The molecule has 0 spiro atoms. The van der Waals surface area contributed by atoms with Crippen molar-refractivity contribution >= 4 is 27.5 Å². The third-order valence-electron chi connectivity index (χ3n) is 4.39. The van der Waals surface area contributed by atoms with E-state index < -0.39 is 18.6 Å². The number of nitrogens with zero attached hydrogens (tertiary/aromatic N) is 4. The van der Waals surface area contributed by atoms with Gasteiger partial charge in [0.05, 0.1) is 16.5 Å². The van der Waals surface area contributed by atoms with Gasteiger partial charge in [0.2, 0.25) is 0 Å². The molecule has 3 rings (SSSR count). The molecule has 0 N–H and O–H groups in total. The van der Waals surface area contributed by atoms with Crippen LogP contribution in [-0.4, -0.2) is 33.5 Å². The van der Waals surface area contributed by atoms with Crippen LogP contribution in [0, 0.1) is 32.1 Å². The van der Waals surface area contributed by atoms with Gasteiger partial charge in [-0.1, -0.05) is 12.1 Å². The summed E-state index contributed by atoms with van der Waals surface area (Å²) >= 11 is 1.08. The van der Waals surface area contributed by atoms with Crippen LogP contribution in [0.3, 0.4) is 0 Å². The minimum absolute atomic E-state index is 0.221. The van der Waals surface area contributed by atoms with Crippen LogP contribution < -0.4 is 0 Å². The topological polar surface area (TPSA) is 69.9 Å². The molecule has 1 aromatic carbocycles. The number of aryl methyl sites for hydroxylation is 3. The summed E-state index contributed by atoms with van der Waals surface area (Å²) < 4.78 is 39.5. The van der Waals surface area contributed by atoms with Gasteiger partial charge < -0.3 is 4.90 Å². The van der Waals surface area contributed by atoms with Crippen LogP contribution in [0.15, 0.2) is 24.3 Å². The first-order chi connectivity index (χ1) is 13.6. The smallest absolute Gasteiger partial charge is 0.325 e. The number of carbonyl (C=O) groups is 1. The predicted molar refractivity (Wildman–Crippen MR) is 104 cm³/mol. The van der Waals surface area contributed by atoms with Crippen molar-refractivity contribution in [2.75, 3.05) is 6.54 Å². The van der Waals surface area contributed by atoms with Crippen LogP contribution in [0.25, 0.3) is 10.2 Å². The summed E-state index contributed by atoms with van der Waals surface area (Å²) in [6, 6.07) is 8.07. The molecule has 0 fully saturated rings. The van der Waals surface area contributed by atoms with E-state index >= 15 is 0 Å². The first-order valence-corrected chi connectivity index (χ1v) is 9.50. The molecule has 150 valence electrons. The zero-order valence-corrected chi connectivity index (χ0v) is 16.8. The van der Waals surface area contributed by atoms with Crippen LogP contribution in [0.4, 0.5) is 13.2 Å². The number of nitriles is 1. The third kappa shape index (κ3) is 4.54. The highest BCUT2D eigenvalue weighted by Gasteiger charge is 2.34. The summed E-state index contributed by atoms with van der Waals surface area (Å²) in [4.78, 5) is 23.3. The standard InChI is InChI=1S/C20H17F3N4OS/c1-11-16-12(2)25-13(3)26-18(16)29-17(11)19(28)27(10-20(21,22)23)9-15-6-4-14(8-24)5-7-15/h4-7H,9-10H2,1-3H3. The minimum Gasteiger partial charge on any atom is -0.325 e. The molecular weight excluding hydrogens is 401 g/mol. The molecule has 5 nitrogen and oxygen atoms in total. The number of amides is 1. The summed E-state index contributed by atoms with van der Waals surface area (Å²) in [5.74, 6) is -0.163. The maximum atomic E-state index is 13.2. The van der Waals surface area contributed by atoms with Crippen molar-refractivity contribution in [3.63, 3.8) is 0 Å². The van der Waals surface area contributed by atoms with Crippen molar-refractivity contribution in [2.45, 2.75) is 33.5 Å². The van der Waals surface area contributed by atoms with E-state index in [9.17, 15) is 18.0 Å². The Kier molecular flexibility index (Phi) is 5.57. The Balaban J connectivity index is 2.00. The molecule has 29 heavy (non-hydrogen) atoms. The van der Waals surface area contributed by atoms with E-state index in [1.54, 1.807) is 32.9 Å². The Labute approximate surface area is 169 Å². The first kappa shape index (κ1) is 20.7. The van der Waals surface area contributed by atoms with E-state index in [-0.39, 0.29) is 11.4 Å². The minimum atomic E-state index is -4.54. The van der Waals surface area contributed by atoms with Gasteiger partial charge >= 0.3 is 6.18 Å². The molecule has 9 heteroatoms. The summed E-state index contributed by atoms with van der Waals surface area (Å²) in [5, 5.41) is 9.57. The van der Waals surface area contributed by atoms with Crippen molar-refractivity contribution in [2.24, 2.45) is 0 Å². The SMILES string of the molecule is Cc1nc(C)c2c(C)c(C(=O)N(Cc3ccc(C#N)cc3)CC(F)(F)F)sc2n1. The first-order valence-electron chi connectivity index (χ1n) is 8.68. The van der Waals surface area contributed by atoms with Crippen molar-refractivity contribution in [1.82, 2.24) is 14.9 Å². The molecule has 2 aromatic heterocycles. The molecule has 0 bridgehead atoms. The van der Waals surface area contributed by atoms with E-state index in [0.29, 0.717) is 38.4 Å². The zero-order chi connectivity index (χ0) is 21.3. The van der Waals surface area contributed by atoms with Gasteiger partial charge in [0, 0.05) is 17.6 Å². The van der Waals surface area contributed by atoms with E-state index in [1.165, 1.54) is 12.1 Å².